The first-order chi connectivity index (χ1) is 12.7. The van der Waals surface area contributed by atoms with Crippen molar-refractivity contribution in [2.24, 2.45) is 5.92 Å². The Morgan fingerprint density at radius 2 is 1.81 bits per heavy atom. The molecule has 2 saturated heterocycles. The summed E-state index contributed by atoms with van der Waals surface area (Å²) in [6.45, 7) is 6.26. The number of nitrogens with one attached hydrogen (secondary N) is 1. The Bertz CT molecular complexity index is 620. The molecular weight excluding hydrogens is 330 g/mol. The van der Waals surface area contributed by atoms with Crippen molar-refractivity contribution >= 4 is 17.5 Å². The molecule has 2 aliphatic heterocycles. The fourth-order valence-electron chi connectivity index (χ4n) is 3.78. The zero-order chi connectivity index (χ0) is 18.4. The molecule has 2 amide bonds. The average molecular weight is 359 g/mol. The van der Waals surface area contributed by atoms with Crippen molar-refractivity contribution < 1.29 is 14.3 Å². The van der Waals surface area contributed by atoms with Crippen molar-refractivity contribution in [1.29, 1.82) is 0 Å². The molecule has 6 nitrogen and oxygen atoms in total. The lowest BCUT2D eigenvalue weighted by Gasteiger charge is -2.32. The summed E-state index contributed by atoms with van der Waals surface area (Å²) in [5.74, 6) is 1.10. The molecule has 0 aliphatic carbocycles. The van der Waals surface area contributed by atoms with Crippen LogP contribution in [0.3, 0.4) is 0 Å². The van der Waals surface area contributed by atoms with Crippen molar-refractivity contribution in [2.75, 3.05) is 44.6 Å². The number of benzene rings is 1. The predicted molar refractivity (Wildman–Crippen MR) is 101 cm³/mol. The van der Waals surface area contributed by atoms with E-state index in [9.17, 15) is 9.59 Å². The third-order valence-electron chi connectivity index (χ3n) is 5.18. The molecule has 3 rings (SSSR count). The van der Waals surface area contributed by atoms with Crippen LogP contribution < -0.4 is 10.1 Å². The van der Waals surface area contributed by atoms with Crippen molar-refractivity contribution in [3.8, 4) is 5.75 Å². The average Bonchev–Trinajstić information content (AvgIpc) is 3.18. The second kappa shape index (κ2) is 9.03. The number of para-hydroxylation sites is 2. The fraction of sp³-hybridized carbons (Fsp3) is 0.600. The number of hydrogen-bond donors (Lipinski definition) is 1. The Morgan fingerprint density at radius 3 is 2.50 bits per heavy atom. The van der Waals surface area contributed by atoms with Gasteiger partial charge in [0.2, 0.25) is 11.8 Å². The second-order valence-corrected chi connectivity index (χ2v) is 7.06. The van der Waals surface area contributed by atoms with E-state index in [0.29, 0.717) is 30.5 Å². The van der Waals surface area contributed by atoms with Gasteiger partial charge in [0.15, 0.2) is 0 Å². The smallest absolute Gasteiger partial charge is 0.238 e. The molecule has 1 N–H and O–H groups in total. The van der Waals surface area contributed by atoms with Gasteiger partial charge in [0.25, 0.3) is 0 Å². The molecule has 2 heterocycles. The van der Waals surface area contributed by atoms with E-state index >= 15 is 0 Å². The summed E-state index contributed by atoms with van der Waals surface area (Å²) < 4.78 is 5.55. The number of rotatable bonds is 6. The third-order valence-corrected chi connectivity index (χ3v) is 5.18. The molecule has 2 fully saturated rings. The molecule has 0 spiro atoms. The highest BCUT2D eigenvalue weighted by atomic mass is 16.5. The van der Waals surface area contributed by atoms with Crippen LogP contribution in [0, 0.1) is 5.92 Å². The van der Waals surface area contributed by atoms with Gasteiger partial charge in [-0.3, -0.25) is 14.5 Å². The van der Waals surface area contributed by atoms with Gasteiger partial charge in [0.1, 0.15) is 5.75 Å². The lowest BCUT2D eigenvalue weighted by molar-refractivity contribution is -0.136. The highest BCUT2D eigenvalue weighted by molar-refractivity contribution is 5.93. The Morgan fingerprint density at radius 1 is 1.12 bits per heavy atom. The summed E-state index contributed by atoms with van der Waals surface area (Å²) in [6, 6.07) is 7.48. The van der Waals surface area contributed by atoms with Crippen molar-refractivity contribution in [2.45, 2.75) is 32.6 Å². The Labute approximate surface area is 155 Å². The van der Waals surface area contributed by atoms with Crippen LogP contribution >= 0.6 is 0 Å². The van der Waals surface area contributed by atoms with Crippen LogP contribution in [0.1, 0.15) is 32.6 Å². The molecule has 0 bridgehead atoms. The van der Waals surface area contributed by atoms with Crippen molar-refractivity contribution in [3.05, 3.63) is 24.3 Å². The van der Waals surface area contributed by atoms with Gasteiger partial charge in [0, 0.05) is 19.0 Å². The standard InChI is InChI=1S/C20H29N3O3/c1-2-26-18-8-4-3-7-17(18)21-19(24)15-22-13-9-16(10-14-22)20(25)23-11-5-6-12-23/h3-4,7-8,16H,2,5-6,9-15H2,1H3,(H,21,24). The van der Waals surface area contributed by atoms with Crippen LogP contribution in [0.2, 0.25) is 0 Å². The summed E-state index contributed by atoms with van der Waals surface area (Å²) in [7, 11) is 0. The van der Waals surface area contributed by atoms with Crippen LogP contribution in [0.5, 0.6) is 5.75 Å². The summed E-state index contributed by atoms with van der Waals surface area (Å²) in [5, 5.41) is 2.94. The Balaban J connectivity index is 1.45. The van der Waals surface area contributed by atoms with E-state index in [1.807, 2.05) is 36.1 Å². The topological polar surface area (TPSA) is 61.9 Å². The number of hydrogen-bond acceptors (Lipinski definition) is 4. The number of anilines is 1. The number of piperidine rings is 1. The molecule has 1 aromatic rings. The minimum atomic E-state index is -0.0403. The zero-order valence-electron chi connectivity index (χ0n) is 15.6. The number of likely N-dealkylation sites (tertiary alicyclic amines) is 2. The molecule has 0 atom stereocenters. The van der Waals surface area contributed by atoms with Crippen LogP contribution in [0.25, 0.3) is 0 Å². The number of carbonyl (C=O) groups excluding carboxylic acids is 2. The van der Waals surface area contributed by atoms with E-state index in [1.54, 1.807) is 0 Å². The summed E-state index contributed by atoms with van der Waals surface area (Å²) in [4.78, 5) is 29.0. The molecule has 2 aliphatic rings. The molecule has 0 aromatic heterocycles. The van der Waals surface area contributed by atoms with E-state index in [0.717, 1.165) is 51.9 Å². The Hall–Kier alpha value is -2.08. The van der Waals surface area contributed by atoms with Crippen LogP contribution in [-0.4, -0.2) is 60.9 Å². The lowest BCUT2D eigenvalue weighted by Crippen LogP contribution is -2.43. The first kappa shape index (κ1) is 18.7. The molecule has 6 heteroatoms. The summed E-state index contributed by atoms with van der Waals surface area (Å²) in [6.07, 6.45) is 3.96. The minimum absolute atomic E-state index is 0.0403. The van der Waals surface area contributed by atoms with Gasteiger partial charge in [0.05, 0.1) is 18.8 Å². The number of amides is 2. The van der Waals surface area contributed by atoms with Gasteiger partial charge in [-0.05, 0) is 57.8 Å². The van der Waals surface area contributed by atoms with Gasteiger partial charge < -0.3 is 15.0 Å². The highest BCUT2D eigenvalue weighted by Crippen LogP contribution is 2.24. The fourth-order valence-corrected chi connectivity index (χ4v) is 3.78. The molecular formula is C20H29N3O3. The van der Waals surface area contributed by atoms with Gasteiger partial charge in [-0.25, -0.2) is 0 Å². The summed E-state index contributed by atoms with van der Waals surface area (Å²) in [5.41, 5.74) is 0.707. The van der Waals surface area contributed by atoms with E-state index in [4.69, 9.17) is 4.74 Å². The van der Waals surface area contributed by atoms with Gasteiger partial charge in [-0.1, -0.05) is 12.1 Å². The van der Waals surface area contributed by atoms with Crippen LogP contribution in [-0.2, 0) is 9.59 Å². The first-order valence-corrected chi connectivity index (χ1v) is 9.70. The number of ether oxygens (including phenoxy) is 1. The van der Waals surface area contributed by atoms with Gasteiger partial charge in [-0.2, -0.15) is 0 Å². The van der Waals surface area contributed by atoms with Crippen molar-refractivity contribution in [3.63, 3.8) is 0 Å². The molecule has 0 radical (unpaired) electrons. The second-order valence-electron chi connectivity index (χ2n) is 7.06. The van der Waals surface area contributed by atoms with Gasteiger partial charge >= 0.3 is 0 Å². The van der Waals surface area contributed by atoms with E-state index in [1.165, 1.54) is 0 Å². The van der Waals surface area contributed by atoms with E-state index < -0.39 is 0 Å². The van der Waals surface area contributed by atoms with Crippen LogP contribution in [0.15, 0.2) is 24.3 Å². The normalized spacial score (nSPS) is 18.7. The van der Waals surface area contributed by atoms with Crippen molar-refractivity contribution in [1.82, 2.24) is 9.80 Å². The minimum Gasteiger partial charge on any atom is -0.492 e. The predicted octanol–water partition coefficient (Wildman–Crippen LogP) is 2.36. The maximum absolute atomic E-state index is 12.5. The van der Waals surface area contributed by atoms with E-state index in [2.05, 4.69) is 10.2 Å². The largest absolute Gasteiger partial charge is 0.492 e. The summed E-state index contributed by atoms with van der Waals surface area (Å²) >= 11 is 0. The molecule has 142 valence electrons. The molecule has 0 unspecified atom stereocenters. The van der Waals surface area contributed by atoms with E-state index in [-0.39, 0.29) is 11.8 Å². The quantitative estimate of drug-likeness (QED) is 0.847. The highest BCUT2D eigenvalue weighted by Gasteiger charge is 2.30. The maximum atomic E-state index is 12.5. The molecule has 0 saturated carbocycles. The number of nitrogens with zero attached hydrogens (tertiary/aromatic N) is 2. The zero-order valence-corrected chi connectivity index (χ0v) is 15.6. The number of carbonyl (C=O) groups is 2. The molecule has 26 heavy (non-hydrogen) atoms. The third kappa shape index (κ3) is 4.75. The monoisotopic (exact) mass is 359 g/mol. The molecule has 1 aromatic carbocycles. The van der Waals surface area contributed by atoms with Gasteiger partial charge in [-0.15, -0.1) is 0 Å². The maximum Gasteiger partial charge on any atom is 0.238 e. The lowest BCUT2D eigenvalue weighted by atomic mass is 9.95. The first-order valence-electron chi connectivity index (χ1n) is 9.70. The Kier molecular flexibility index (Phi) is 6.50. The van der Waals surface area contributed by atoms with Crippen LogP contribution in [0.4, 0.5) is 5.69 Å². The SMILES string of the molecule is CCOc1ccccc1NC(=O)CN1CCC(C(=O)N2CCCC2)CC1.